The van der Waals surface area contributed by atoms with Crippen LogP contribution in [0.2, 0.25) is 0 Å². The predicted molar refractivity (Wildman–Crippen MR) is 94.6 cm³/mol. The maximum atomic E-state index is 13.0. The first kappa shape index (κ1) is 22.3. The van der Waals surface area contributed by atoms with Gasteiger partial charge in [0, 0.05) is 11.6 Å². The number of rotatable bonds is 5. The number of hydrogen-bond donors (Lipinski definition) is 2. The van der Waals surface area contributed by atoms with Crippen molar-refractivity contribution in [1.29, 1.82) is 0 Å². The summed E-state index contributed by atoms with van der Waals surface area (Å²) in [4.78, 5) is 23.2. The van der Waals surface area contributed by atoms with E-state index < -0.39 is 17.5 Å². The Hall–Kier alpha value is -2.76. The van der Waals surface area contributed by atoms with Crippen molar-refractivity contribution in [2.45, 2.75) is 6.54 Å². The van der Waals surface area contributed by atoms with E-state index in [0.29, 0.717) is 12.6 Å². The summed E-state index contributed by atoms with van der Waals surface area (Å²) in [5, 5.41) is 4.91. The predicted octanol–water partition coefficient (Wildman–Crippen LogP) is 3.13. The van der Waals surface area contributed by atoms with E-state index in [1.54, 1.807) is 0 Å². The molecule has 142 valence electrons. The molecule has 2 N–H and O–H groups in total. The van der Waals surface area contributed by atoms with Crippen LogP contribution in [0.1, 0.15) is 15.9 Å². The molecule has 3 aromatic carbocycles. The normalized spacial score (nSPS) is 9.41. The largest absolute Gasteiger partial charge is 2.00 e. The van der Waals surface area contributed by atoms with E-state index in [9.17, 15) is 18.4 Å². The van der Waals surface area contributed by atoms with Crippen LogP contribution in [-0.4, -0.2) is 18.4 Å². The average Bonchev–Trinajstić information content (AvgIpc) is 3.33. The molecular formula is C20H18F2FeN2O2. The second kappa shape index (κ2) is 11.8. The molecule has 27 heavy (non-hydrogen) atoms. The number of amides is 2. The second-order valence-electron chi connectivity index (χ2n) is 5.37. The molecule has 0 aliphatic carbocycles. The summed E-state index contributed by atoms with van der Waals surface area (Å²) in [6.45, 7) is 0.0912. The van der Waals surface area contributed by atoms with Crippen LogP contribution in [0.5, 0.6) is 0 Å². The van der Waals surface area contributed by atoms with Gasteiger partial charge in [0.25, 0.3) is 5.91 Å². The van der Waals surface area contributed by atoms with Gasteiger partial charge in [0.2, 0.25) is 5.91 Å². The van der Waals surface area contributed by atoms with Gasteiger partial charge in [-0.05, 0) is 18.7 Å². The smallest absolute Gasteiger partial charge is 0.363 e. The molecule has 0 fully saturated rings. The Kier molecular flexibility index (Phi) is 9.72. The Morgan fingerprint density at radius 2 is 1.59 bits per heavy atom. The first-order valence-electron chi connectivity index (χ1n) is 7.93. The number of carbonyl (C=O) groups is 2. The van der Waals surface area contributed by atoms with Crippen molar-refractivity contribution >= 4 is 11.8 Å². The molecule has 0 aliphatic rings. The first-order valence-corrected chi connectivity index (χ1v) is 7.93. The van der Waals surface area contributed by atoms with Gasteiger partial charge in [0.05, 0.1) is 6.54 Å². The molecule has 0 spiro atoms. The fourth-order valence-corrected chi connectivity index (χ4v) is 2.06. The topological polar surface area (TPSA) is 58.2 Å². The SMILES string of the molecule is O=C(CNC(=O)c1cc(F)cc(F)c1)NCc1cc[cH-]c1.[Fe+2].c1cc[cH-]c1. The zero-order valence-electron chi connectivity index (χ0n) is 14.3. The molecular weight excluding hydrogens is 394 g/mol. The molecule has 0 unspecified atom stereocenters. The van der Waals surface area contributed by atoms with E-state index >= 15 is 0 Å². The second-order valence-corrected chi connectivity index (χ2v) is 5.37. The van der Waals surface area contributed by atoms with Crippen LogP contribution in [0.25, 0.3) is 0 Å². The number of hydrogen-bond acceptors (Lipinski definition) is 2. The van der Waals surface area contributed by atoms with Gasteiger partial charge in [-0.1, -0.05) is 0 Å². The van der Waals surface area contributed by atoms with Gasteiger partial charge in [-0.3, -0.25) is 9.59 Å². The zero-order chi connectivity index (χ0) is 18.8. The van der Waals surface area contributed by atoms with Gasteiger partial charge in [0.15, 0.2) is 0 Å². The molecule has 0 radical (unpaired) electrons. The number of halogens is 2. The molecule has 0 saturated heterocycles. The standard InChI is InChI=1S/C15H13F2N2O2.C5H5.Fe/c16-12-5-11(6-13(17)7-12)15(21)19-9-14(20)18-8-10-3-1-2-4-10;1-2-4-5-3-1;/h1-7H,8-9H2,(H,18,20)(H,19,21);1-5H;/q2*-1;+2. The summed E-state index contributed by atoms with van der Waals surface area (Å²) in [5.41, 5.74) is 0.776. The minimum atomic E-state index is -0.846. The van der Waals surface area contributed by atoms with Crippen molar-refractivity contribution in [3.63, 3.8) is 0 Å². The van der Waals surface area contributed by atoms with E-state index in [-0.39, 0.29) is 35.1 Å². The van der Waals surface area contributed by atoms with E-state index in [1.807, 2.05) is 54.6 Å². The Morgan fingerprint density at radius 1 is 0.926 bits per heavy atom. The fraction of sp³-hybridized carbons (Fsp3) is 0.100. The minimum Gasteiger partial charge on any atom is -0.363 e. The summed E-state index contributed by atoms with van der Waals surface area (Å²) in [6.07, 6.45) is 0. The summed E-state index contributed by atoms with van der Waals surface area (Å²) < 4.78 is 25.9. The van der Waals surface area contributed by atoms with Gasteiger partial charge in [0.1, 0.15) is 11.6 Å². The first-order chi connectivity index (χ1) is 12.5. The Morgan fingerprint density at radius 3 is 2.11 bits per heavy atom. The van der Waals surface area contributed by atoms with Crippen molar-refractivity contribution in [2.75, 3.05) is 6.54 Å². The molecule has 0 heterocycles. The zero-order valence-corrected chi connectivity index (χ0v) is 15.4. The van der Waals surface area contributed by atoms with Crippen LogP contribution in [-0.2, 0) is 28.4 Å². The molecule has 0 bridgehead atoms. The molecule has 0 atom stereocenters. The van der Waals surface area contributed by atoms with Crippen molar-refractivity contribution < 1.29 is 35.4 Å². The molecule has 7 heteroatoms. The average molecular weight is 412 g/mol. The van der Waals surface area contributed by atoms with Crippen LogP contribution in [0.4, 0.5) is 8.78 Å². The number of nitrogens with one attached hydrogen (secondary N) is 2. The number of benzene rings is 1. The van der Waals surface area contributed by atoms with Crippen molar-refractivity contribution in [3.05, 3.63) is 95.6 Å². The summed E-state index contributed by atoms with van der Waals surface area (Å²) in [5.74, 6) is -2.79. The summed E-state index contributed by atoms with van der Waals surface area (Å²) >= 11 is 0. The molecule has 0 aromatic heterocycles. The van der Waals surface area contributed by atoms with Gasteiger partial charge in [-0.2, -0.15) is 42.0 Å². The minimum absolute atomic E-state index is 0. The third kappa shape index (κ3) is 8.44. The number of carbonyl (C=O) groups excluding carboxylic acids is 2. The van der Waals surface area contributed by atoms with Crippen LogP contribution in [0, 0.1) is 11.6 Å². The molecule has 3 rings (SSSR count). The maximum absolute atomic E-state index is 13.0. The van der Waals surface area contributed by atoms with Crippen LogP contribution in [0.3, 0.4) is 0 Å². The van der Waals surface area contributed by atoms with E-state index in [2.05, 4.69) is 10.6 Å². The van der Waals surface area contributed by atoms with E-state index in [0.717, 1.165) is 17.7 Å². The van der Waals surface area contributed by atoms with Crippen LogP contribution >= 0.6 is 0 Å². The maximum Gasteiger partial charge on any atom is 2.00 e. The van der Waals surface area contributed by atoms with Gasteiger partial charge in [-0.15, -0.1) is 0 Å². The van der Waals surface area contributed by atoms with E-state index in [1.165, 1.54) is 0 Å². The quantitative estimate of drug-likeness (QED) is 0.500. The Labute approximate surface area is 166 Å². The summed E-state index contributed by atoms with van der Waals surface area (Å²) in [6, 6.07) is 19.9. The van der Waals surface area contributed by atoms with E-state index in [4.69, 9.17) is 0 Å². The van der Waals surface area contributed by atoms with Crippen LogP contribution in [0.15, 0.2) is 72.8 Å². The molecule has 0 aliphatic heterocycles. The van der Waals surface area contributed by atoms with Gasteiger partial charge in [-0.25, -0.2) is 27.0 Å². The van der Waals surface area contributed by atoms with Gasteiger partial charge < -0.3 is 10.6 Å². The van der Waals surface area contributed by atoms with Crippen molar-refractivity contribution in [1.82, 2.24) is 10.6 Å². The molecule has 0 saturated carbocycles. The van der Waals surface area contributed by atoms with Crippen LogP contribution < -0.4 is 10.6 Å². The Bertz CT molecular complexity index is 781. The third-order valence-corrected chi connectivity index (χ3v) is 3.31. The van der Waals surface area contributed by atoms with Crippen molar-refractivity contribution in [2.24, 2.45) is 0 Å². The molecule has 3 aromatic rings. The molecule has 4 nitrogen and oxygen atoms in total. The Balaban J connectivity index is 0.000000526. The molecule has 2 amide bonds. The van der Waals surface area contributed by atoms with Gasteiger partial charge >= 0.3 is 17.1 Å². The van der Waals surface area contributed by atoms with Crippen molar-refractivity contribution in [3.8, 4) is 0 Å². The monoisotopic (exact) mass is 412 g/mol. The third-order valence-electron chi connectivity index (χ3n) is 3.31. The fourth-order valence-electron chi connectivity index (χ4n) is 2.06. The summed E-state index contributed by atoms with van der Waals surface area (Å²) in [7, 11) is 0.